The topological polar surface area (TPSA) is 37.0 Å². The Labute approximate surface area is 117 Å². The van der Waals surface area contributed by atoms with Crippen LogP contribution in [0.15, 0.2) is 24.4 Å². The van der Waals surface area contributed by atoms with E-state index in [0.717, 1.165) is 24.0 Å². The second-order valence-corrected chi connectivity index (χ2v) is 5.88. The molecule has 5 heteroatoms. The van der Waals surface area contributed by atoms with Crippen molar-refractivity contribution in [2.24, 2.45) is 5.92 Å². The summed E-state index contributed by atoms with van der Waals surface area (Å²) in [4.78, 5) is 0. The lowest BCUT2D eigenvalue weighted by Gasteiger charge is -2.11. The number of aromatic nitrogens is 1. The van der Waals surface area contributed by atoms with Crippen LogP contribution in [0.5, 0.6) is 0 Å². The smallest absolute Gasteiger partial charge is 0.170 e. The lowest BCUT2D eigenvalue weighted by atomic mass is 10.1. The minimum Gasteiger partial charge on any atom is -0.362 e. The Bertz CT molecular complexity index is 534. The first-order chi connectivity index (χ1) is 8.65. The van der Waals surface area contributed by atoms with E-state index in [2.05, 4.69) is 41.0 Å². The van der Waals surface area contributed by atoms with E-state index in [0.29, 0.717) is 11.0 Å². The van der Waals surface area contributed by atoms with E-state index in [-0.39, 0.29) is 0 Å². The van der Waals surface area contributed by atoms with Gasteiger partial charge in [0, 0.05) is 23.8 Å². The third kappa shape index (κ3) is 3.65. The van der Waals surface area contributed by atoms with Crippen LogP contribution in [0.2, 0.25) is 0 Å². The van der Waals surface area contributed by atoms with E-state index >= 15 is 0 Å². The molecule has 1 aromatic carbocycles. The SMILES string of the molecule is CC(C)CCNC(=S)Nc1ccc2sncc2c1. The molecule has 0 atom stereocenters. The van der Waals surface area contributed by atoms with Gasteiger partial charge in [-0.25, -0.2) is 0 Å². The minimum atomic E-state index is 0.679. The van der Waals surface area contributed by atoms with E-state index in [9.17, 15) is 0 Å². The molecular weight excluding hydrogens is 262 g/mol. The molecule has 0 aliphatic rings. The minimum absolute atomic E-state index is 0.679. The molecule has 18 heavy (non-hydrogen) atoms. The summed E-state index contributed by atoms with van der Waals surface area (Å²) < 4.78 is 5.35. The number of hydrogen-bond donors (Lipinski definition) is 2. The highest BCUT2D eigenvalue weighted by atomic mass is 32.1. The predicted octanol–water partition coefficient (Wildman–Crippen LogP) is 3.63. The van der Waals surface area contributed by atoms with Gasteiger partial charge in [-0.3, -0.25) is 0 Å². The molecule has 0 bridgehead atoms. The summed E-state index contributed by atoms with van der Waals surface area (Å²) in [5, 5.41) is 8.23. The molecule has 1 aromatic heterocycles. The first-order valence-electron chi connectivity index (χ1n) is 6.04. The van der Waals surface area contributed by atoms with Gasteiger partial charge in [-0.15, -0.1) is 0 Å². The third-order valence-corrected chi connectivity index (χ3v) is 3.64. The number of fused-ring (bicyclic) bond motifs is 1. The van der Waals surface area contributed by atoms with Gasteiger partial charge in [0.1, 0.15) is 0 Å². The molecule has 0 saturated heterocycles. The summed E-state index contributed by atoms with van der Waals surface area (Å²) in [6, 6.07) is 6.15. The van der Waals surface area contributed by atoms with Crippen LogP contribution in [0.25, 0.3) is 10.1 Å². The van der Waals surface area contributed by atoms with E-state index < -0.39 is 0 Å². The molecule has 2 N–H and O–H groups in total. The lowest BCUT2D eigenvalue weighted by molar-refractivity contribution is 0.579. The van der Waals surface area contributed by atoms with Gasteiger partial charge < -0.3 is 10.6 Å². The highest BCUT2D eigenvalue weighted by Gasteiger charge is 2.01. The molecule has 0 aliphatic heterocycles. The van der Waals surface area contributed by atoms with E-state index in [1.54, 1.807) is 0 Å². The van der Waals surface area contributed by atoms with Crippen LogP contribution in [0.3, 0.4) is 0 Å². The highest BCUT2D eigenvalue weighted by Crippen LogP contribution is 2.21. The monoisotopic (exact) mass is 279 g/mol. The summed E-state index contributed by atoms with van der Waals surface area (Å²) in [6.45, 7) is 5.32. The zero-order chi connectivity index (χ0) is 13.0. The van der Waals surface area contributed by atoms with Gasteiger partial charge in [0.05, 0.1) is 4.70 Å². The van der Waals surface area contributed by atoms with Crippen LogP contribution >= 0.6 is 23.8 Å². The molecule has 0 radical (unpaired) electrons. The quantitative estimate of drug-likeness (QED) is 0.838. The number of benzene rings is 1. The highest BCUT2D eigenvalue weighted by molar-refractivity contribution is 7.80. The van der Waals surface area contributed by atoms with Crippen molar-refractivity contribution in [1.82, 2.24) is 9.69 Å². The second-order valence-electron chi connectivity index (χ2n) is 4.64. The van der Waals surface area contributed by atoms with Crippen molar-refractivity contribution in [2.45, 2.75) is 20.3 Å². The van der Waals surface area contributed by atoms with Crippen molar-refractivity contribution < 1.29 is 0 Å². The van der Waals surface area contributed by atoms with Crippen LogP contribution in [-0.2, 0) is 0 Å². The Kier molecular flexibility index (Phi) is 4.49. The molecule has 1 heterocycles. The Morgan fingerprint density at radius 3 is 3.06 bits per heavy atom. The van der Waals surface area contributed by atoms with Crippen molar-refractivity contribution in [3.8, 4) is 0 Å². The number of anilines is 1. The molecule has 2 aromatic rings. The standard InChI is InChI=1S/C13H17N3S2/c1-9(2)5-6-14-13(17)16-11-3-4-12-10(7-11)8-15-18-12/h3-4,7-9H,5-6H2,1-2H3,(H2,14,16,17). The van der Waals surface area contributed by atoms with Crippen molar-refractivity contribution in [1.29, 1.82) is 0 Å². The largest absolute Gasteiger partial charge is 0.362 e. The van der Waals surface area contributed by atoms with Crippen LogP contribution < -0.4 is 10.6 Å². The fraction of sp³-hybridized carbons (Fsp3) is 0.385. The van der Waals surface area contributed by atoms with E-state index in [1.807, 2.05) is 12.3 Å². The zero-order valence-corrected chi connectivity index (χ0v) is 12.2. The van der Waals surface area contributed by atoms with Gasteiger partial charge in [0.2, 0.25) is 0 Å². The van der Waals surface area contributed by atoms with Gasteiger partial charge in [-0.2, -0.15) is 4.37 Å². The normalized spacial score (nSPS) is 10.8. The van der Waals surface area contributed by atoms with Crippen molar-refractivity contribution in [2.75, 3.05) is 11.9 Å². The van der Waals surface area contributed by atoms with Gasteiger partial charge >= 0.3 is 0 Å². The maximum absolute atomic E-state index is 5.25. The lowest BCUT2D eigenvalue weighted by Crippen LogP contribution is -2.29. The van der Waals surface area contributed by atoms with Gasteiger partial charge in [-0.05, 0) is 54.3 Å². The maximum Gasteiger partial charge on any atom is 0.170 e. The Hall–Kier alpha value is -1.20. The summed E-state index contributed by atoms with van der Waals surface area (Å²) in [5.74, 6) is 0.688. The maximum atomic E-state index is 5.25. The molecule has 0 spiro atoms. The summed E-state index contributed by atoms with van der Waals surface area (Å²) >= 11 is 6.76. The summed E-state index contributed by atoms with van der Waals surface area (Å²) in [7, 11) is 0. The van der Waals surface area contributed by atoms with Gasteiger partial charge in [0.25, 0.3) is 0 Å². The number of nitrogens with one attached hydrogen (secondary N) is 2. The number of hydrogen-bond acceptors (Lipinski definition) is 3. The molecule has 0 amide bonds. The Balaban J connectivity index is 1.90. The van der Waals surface area contributed by atoms with Gasteiger partial charge in [0.15, 0.2) is 5.11 Å². The van der Waals surface area contributed by atoms with Crippen LogP contribution in [0, 0.1) is 5.92 Å². The van der Waals surface area contributed by atoms with Crippen molar-refractivity contribution in [3.63, 3.8) is 0 Å². The molecule has 0 saturated carbocycles. The van der Waals surface area contributed by atoms with Crippen molar-refractivity contribution in [3.05, 3.63) is 24.4 Å². The molecule has 0 unspecified atom stereocenters. The molecule has 3 nitrogen and oxygen atoms in total. The van der Waals surface area contributed by atoms with Crippen LogP contribution in [-0.4, -0.2) is 16.0 Å². The van der Waals surface area contributed by atoms with Crippen LogP contribution in [0.1, 0.15) is 20.3 Å². The number of rotatable bonds is 4. The molecule has 2 rings (SSSR count). The molecular formula is C13H17N3S2. The first-order valence-corrected chi connectivity index (χ1v) is 7.22. The zero-order valence-electron chi connectivity index (χ0n) is 10.6. The summed E-state index contributed by atoms with van der Waals surface area (Å²) in [5.41, 5.74) is 1.00. The predicted molar refractivity (Wildman–Crippen MR) is 83.3 cm³/mol. The molecule has 0 fully saturated rings. The fourth-order valence-electron chi connectivity index (χ4n) is 1.60. The number of thiocarbonyl (C=S) groups is 1. The second kappa shape index (κ2) is 6.11. The first kappa shape index (κ1) is 13.2. The van der Waals surface area contributed by atoms with Gasteiger partial charge in [-0.1, -0.05) is 13.8 Å². The van der Waals surface area contributed by atoms with E-state index in [1.165, 1.54) is 16.2 Å². The third-order valence-electron chi connectivity index (χ3n) is 2.62. The van der Waals surface area contributed by atoms with E-state index in [4.69, 9.17) is 12.2 Å². The Morgan fingerprint density at radius 1 is 1.44 bits per heavy atom. The molecule has 0 aliphatic carbocycles. The van der Waals surface area contributed by atoms with Crippen LogP contribution in [0.4, 0.5) is 5.69 Å². The Morgan fingerprint density at radius 2 is 2.28 bits per heavy atom. The average molecular weight is 279 g/mol. The number of nitrogens with zero attached hydrogens (tertiary/aromatic N) is 1. The summed E-state index contributed by atoms with van der Waals surface area (Å²) in [6.07, 6.45) is 3.00. The molecule has 96 valence electrons. The van der Waals surface area contributed by atoms with Crippen molar-refractivity contribution >= 4 is 44.6 Å². The average Bonchev–Trinajstić information content (AvgIpc) is 2.75. The fourth-order valence-corrected chi connectivity index (χ4v) is 2.45.